The third kappa shape index (κ3) is 4.09. The first-order valence-electron chi connectivity index (χ1n) is 6.82. The molecule has 0 heterocycles. The first kappa shape index (κ1) is 17.3. The summed E-state index contributed by atoms with van der Waals surface area (Å²) in [6.45, 7) is 4.34. The SMILES string of the molecule is CCNCCNC(=O)c1ccc(OC)c2ccccc12.Cl. The van der Waals surface area contributed by atoms with Gasteiger partial charge in [-0.15, -0.1) is 12.4 Å². The third-order valence-electron chi connectivity index (χ3n) is 3.19. The largest absolute Gasteiger partial charge is 0.496 e. The van der Waals surface area contributed by atoms with Gasteiger partial charge in [0.05, 0.1) is 7.11 Å². The van der Waals surface area contributed by atoms with Gasteiger partial charge in [-0.05, 0) is 24.1 Å². The number of benzene rings is 2. The number of carbonyl (C=O) groups is 1. The van der Waals surface area contributed by atoms with E-state index in [1.165, 1.54) is 0 Å². The van der Waals surface area contributed by atoms with E-state index in [2.05, 4.69) is 10.6 Å². The maximum absolute atomic E-state index is 12.2. The molecule has 0 spiro atoms. The molecular formula is C16H21ClN2O2. The molecule has 0 aliphatic carbocycles. The summed E-state index contributed by atoms with van der Waals surface area (Å²) in [4.78, 5) is 12.2. The zero-order chi connectivity index (χ0) is 14.4. The topological polar surface area (TPSA) is 50.4 Å². The van der Waals surface area contributed by atoms with Crippen LogP contribution in [0.4, 0.5) is 0 Å². The summed E-state index contributed by atoms with van der Waals surface area (Å²) in [5, 5.41) is 7.96. The Morgan fingerprint density at radius 2 is 1.81 bits per heavy atom. The van der Waals surface area contributed by atoms with Crippen LogP contribution in [0.25, 0.3) is 10.8 Å². The van der Waals surface area contributed by atoms with Gasteiger partial charge in [0.1, 0.15) is 5.75 Å². The number of carbonyl (C=O) groups excluding carboxylic acids is 1. The summed E-state index contributed by atoms with van der Waals surface area (Å²) in [7, 11) is 1.64. The second-order valence-corrected chi connectivity index (χ2v) is 4.47. The fraction of sp³-hybridized carbons (Fsp3) is 0.312. The normalized spacial score (nSPS) is 10.0. The molecule has 0 atom stereocenters. The van der Waals surface area contributed by atoms with Gasteiger partial charge in [0.15, 0.2) is 0 Å². The number of rotatable bonds is 6. The van der Waals surface area contributed by atoms with Crippen molar-refractivity contribution >= 4 is 29.1 Å². The Hall–Kier alpha value is -1.78. The van der Waals surface area contributed by atoms with E-state index in [0.29, 0.717) is 12.1 Å². The van der Waals surface area contributed by atoms with Crippen molar-refractivity contribution in [3.8, 4) is 5.75 Å². The molecule has 21 heavy (non-hydrogen) atoms. The van der Waals surface area contributed by atoms with Crippen LogP contribution in [0.15, 0.2) is 36.4 Å². The maximum Gasteiger partial charge on any atom is 0.251 e. The highest BCUT2D eigenvalue weighted by molar-refractivity contribution is 6.08. The predicted octanol–water partition coefficient (Wildman–Crippen LogP) is 2.61. The van der Waals surface area contributed by atoms with Crippen LogP contribution in [0.1, 0.15) is 17.3 Å². The highest BCUT2D eigenvalue weighted by atomic mass is 35.5. The fourth-order valence-electron chi connectivity index (χ4n) is 2.18. The summed E-state index contributed by atoms with van der Waals surface area (Å²) in [6.07, 6.45) is 0. The number of fused-ring (bicyclic) bond motifs is 1. The lowest BCUT2D eigenvalue weighted by atomic mass is 10.0. The molecule has 4 nitrogen and oxygen atoms in total. The van der Waals surface area contributed by atoms with Gasteiger partial charge in [-0.1, -0.05) is 31.2 Å². The molecule has 0 saturated heterocycles. The minimum atomic E-state index is -0.0539. The lowest BCUT2D eigenvalue weighted by Gasteiger charge is -2.11. The molecule has 114 valence electrons. The van der Waals surface area contributed by atoms with E-state index in [9.17, 15) is 4.79 Å². The number of amides is 1. The molecule has 0 aliphatic heterocycles. The summed E-state index contributed by atoms with van der Waals surface area (Å²) in [6, 6.07) is 11.4. The Labute approximate surface area is 131 Å². The van der Waals surface area contributed by atoms with Crippen molar-refractivity contribution in [3.05, 3.63) is 42.0 Å². The number of halogens is 1. The Morgan fingerprint density at radius 3 is 2.48 bits per heavy atom. The lowest BCUT2D eigenvalue weighted by Crippen LogP contribution is -2.31. The molecule has 0 unspecified atom stereocenters. The summed E-state index contributed by atoms with van der Waals surface area (Å²) >= 11 is 0. The first-order chi connectivity index (χ1) is 9.77. The van der Waals surface area contributed by atoms with Crippen LogP contribution in [0.3, 0.4) is 0 Å². The van der Waals surface area contributed by atoms with Gasteiger partial charge in [0, 0.05) is 24.0 Å². The number of nitrogens with one attached hydrogen (secondary N) is 2. The third-order valence-corrected chi connectivity index (χ3v) is 3.19. The smallest absolute Gasteiger partial charge is 0.251 e. The quantitative estimate of drug-likeness (QED) is 0.807. The van der Waals surface area contributed by atoms with Crippen LogP contribution < -0.4 is 15.4 Å². The monoisotopic (exact) mass is 308 g/mol. The van der Waals surface area contributed by atoms with E-state index in [0.717, 1.165) is 29.6 Å². The molecule has 1 amide bonds. The minimum absolute atomic E-state index is 0. The zero-order valence-corrected chi connectivity index (χ0v) is 13.1. The second kappa shape index (κ2) is 8.49. The van der Waals surface area contributed by atoms with Crippen molar-refractivity contribution in [3.63, 3.8) is 0 Å². The number of hydrogen-bond acceptors (Lipinski definition) is 3. The molecule has 2 N–H and O–H groups in total. The van der Waals surface area contributed by atoms with E-state index >= 15 is 0 Å². The number of hydrogen-bond donors (Lipinski definition) is 2. The fourth-order valence-corrected chi connectivity index (χ4v) is 2.18. The van der Waals surface area contributed by atoms with Crippen molar-refractivity contribution in [2.45, 2.75) is 6.92 Å². The number of ether oxygens (including phenoxy) is 1. The van der Waals surface area contributed by atoms with E-state index in [1.807, 2.05) is 43.3 Å². The van der Waals surface area contributed by atoms with E-state index in [-0.39, 0.29) is 18.3 Å². The van der Waals surface area contributed by atoms with Crippen LogP contribution >= 0.6 is 12.4 Å². The van der Waals surface area contributed by atoms with Crippen molar-refractivity contribution in [2.24, 2.45) is 0 Å². The van der Waals surface area contributed by atoms with Gasteiger partial charge in [0.25, 0.3) is 5.91 Å². The maximum atomic E-state index is 12.2. The molecule has 5 heteroatoms. The predicted molar refractivity (Wildman–Crippen MR) is 88.6 cm³/mol. The minimum Gasteiger partial charge on any atom is -0.496 e. The lowest BCUT2D eigenvalue weighted by molar-refractivity contribution is 0.0955. The van der Waals surface area contributed by atoms with Gasteiger partial charge in [-0.2, -0.15) is 0 Å². The van der Waals surface area contributed by atoms with Crippen LogP contribution in [0.2, 0.25) is 0 Å². The van der Waals surface area contributed by atoms with Crippen LogP contribution in [-0.4, -0.2) is 32.7 Å². The summed E-state index contributed by atoms with van der Waals surface area (Å²) < 4.78 is 5.33. The van der Waals surface area contributed by atoms with E-state index in [4.69, 9.17) is 4.74 Å². The molecule has 2 aromatic rings. The van der Waals surface area contributed by atoms with Gasteiger partial charge >= 0.3 is 0 Å². The Morgan fingerprint density at radius 1 is 1.10 bits per heavy atom. The Balaban J connectivity index is 0.00000220. The molecular weight excluding hydrogens is 288 g/mol. The summed E-state index contributed by atoms with van der Waals surface area (Å²) in [5.74, 6) is 0.728. The molecule has 0 saturated carbocycles. The van der Waals surface area contributed by atoms with Crippen molar-refractivity contribution in [2.75, 3.05) is 26.7 Å². The van der Waals surface area contributed by atoms with Crippen molar-refractivity contribution in [1.29, 1.82) is 0 Å². The van der Waals surface area contributed by atoms with Crippen molar-refractivity contribution < 1.29 is 9.53 Å². The Bertz CT molecular complexity index is 602. The second-order valence-electron chi connectivity index (χ2n) is 4.47. The molecule has 0 fully saturated rings. The highest BCUT2D eigenvalue weighted by Gasteiger charge is 2.11. The van der Waals surface area contributed by atoms with Crippen LogP contribution in [0, 0.1) is 0 Å². The average molecular weight is 309 g/mol. The van der Waals surface area contributed by atoms with Gasteiger partial charge in [-0.25, -0.2) is 0 Å². The standard InChI is InChI=1S/C16H20N2O2.ClH/c1-3-17-10-11-18-16(19)14-8-9-15(20-2)13-7-5-4-6-12(13)14;/h4-9,17H,3,10-11H2,1-2H3,(H,18,19);1H. The molecule has 0 radical (unpaired) electrons. The summed E-state index contributed by atoms with van der Waals surface area (Å²) in [5.41, 5.74) is 0.679. The molecule has 0 aromatic heterocycles. The van der Waals surface area contributed by atoms with Crippen molar-refractivity contribution in [1.82, 2.24) is 10.6 Å². The highest BCUT2D eigenvalue weighted by Crippen LogP contribution is 2.28. The van der Waals surface area contributed by atoms with Gasteiger partial charge in [-0.3, -0.25) is 4.79 Å². The van der Waals surface area contributed by atoms with Gasteiger partial charge < -0.3 is 15.4 Å². The number of likely N-dealkylation sites (N-methyl/N-ethyl adjacent to an activating group) is 1. The number of methoxy groups -OCH3 is 1. The first-order valence-corrected chi connectivity index (χ1v) is 6.82. The van der Waals surface area contributed by atoms with Crippen LogP contribution in [0.5, 0.6) is 5.75 Å². The zero-order valence-electron chi connectivity index (χ0n) is 12.3. The molecule has 0 bridgehead atoms. The molecule has 0 aliphatic rings. The average Bonchev–Trinajstić information content (AvgIpc) is 2.50. The van der Waals surface area contributed by atoms with Gasteiger partial charge in [0.2, 0.25) is 0 Å². The molecule has 2 aromatic carbocycles. The van der Waals surface area contributed by atoms with E-state index < -0.39 is 0 Å². The van der Waals surface area contributed by atoms with E-state index in [1.54, 1.807) is 7.11 Å². The molecule has 2 rings (SSSR count). The van der Waals surface area contributed by atoms with Crippen LogP contribution in [-0.2, 0) is 0 Å². The Kier molecular flexibility index (Phi) is 6.99.